The van der Waals surface area contributed by atoms with E-state index in [0.29, 0.717) is 28.6 Å². The molecule has 0 saturated heterocycles. The van der Waals surface area contributed by atoms with E-state index >= 15 is 0 Å². The summed E-state index contributed by atoms with van der Waals surface area (Å²) >= 11 is 0. The van der Waals surface area contributed by atoms with Gasteiger partial charge in [-0.2, -0.15) is 0 Å². The van der Waals surface area contributed by atoms with Gasteiger partial charge in [-0.3, -0.25) is 0 Å². The summed E-state index contributed by atoms with van der Waals surface area (Å²) in [4.78, 5) is 0. The van der Waals surface area contributed by atoms with Crippen molar-refractivity contribution in [2.24, 2.45) is 0 Å². The Morgan fingerprint density at radius 3 is 2.25 bits per heavy atom. The van der Waals surface area contributed by atoms with Gasteiger partial charge in [0.05, 0.1) is 21.3 Å². The molecule has 16 heavy (non-hydrogen) atoms. The van der Waals surface area contributed by atoms with Crippen molar-refractivity contribution in [3.8, 4) is 17.2 Å². The summed E-state index contributed by atoms with van der Waals surface area (Å²) in [7, 11) is 4.69. The van der Waals surface area contributed by atoms with Crippen molar-refractivity contribution in [2.45, 2.75) is 0 Å². The molecule has 85 valence electrons. The highest BCUT2D eigenvalue weighted by Crippen LogP contribution is 2.44. The Morgan fingerprint density at radius 2 is 1.69 bits per heavy atom. The fraction of sp³-hybridized carbons (Fsp3) is 0.250. The molecular weight excluding hydrogens is 208 g/mol. The Morgan fingerprint density at radius 1 is 1.00 bits per heavy atom. The van der Waals surface area contributed by atoms with Gasteiger partial charge < -0.3 is 18.6 Å². The summed E-state index contributed by atoms with van der Waals surface area (Å²) in [6.07, 6.45) is 0. The molecule has 0 aliphatic rings. The molecule has 1 heterocycles. The molecule has 1 radical (unpaired) electrons. The average Bonchev–Trinajstić information content (AvgIpc) is 2.66. The second kappa shape index (κ2) is 3.96. The van der Waals surface area contributed by atoms with Gasteiger partial charge in [0.15, 0.2) is 11.3 Å². The number of hydrogen-bond donors (Lipinski definition) is 0. The average molecular weight is 221 g/mol. The monoisotopic (exact) mass is 221 g/mol. The van der Waals surface area contributed by atoms with Crippen LogP contribution in [-0.2, 0) is 0 Å². The van der Waals surface area contributed by atoms with E-state index in [2.05, 4.69) is 6.92 Å². The van der Waals surface area contributed by atoms with Crippen LogP contribution < -0.4 is 14.2 Å². The minimum atomic E-state index is 0.520. The van der Waals surface area contributed by atoms with Gasteiger partial charge in [-0.05, 0) is 12.1 Å². The van der Waals surface area contributed by atoms with E-state index in [1.807, 2.05) is 12.1 Å². The normalized spacial score (nSPS) is 10.5. The summed E-state index contributed by atoms with van der Waals surface area (Å²) in [6.45, 7) is 3.74. The molecule has 4 nitrogen and oxygen atoms in total. The van der Waals surface area contributed by atoms with E-state index in [-0.39, 0.29) is 0 Å². The van der Waals surface area contributed by atoms with E-state index in [1.54, 1.807) is 21.3 Å². The SMILES string of the molecule is [CH2]c1cc2cc(OC)c(OC)c(OC)c2o1. The number of hydrogen-bond acceptors (Lipinski definition) is 4. The lowest BCUT2D eigenvalue weighted by Crippen LogP contribution is -1.94. The molecule has 0 fully saturated rings. The van der Waals surface area contributed by atoms with Crippen molar-refractivity contribution in [3.63, 3.8) is 0 Å². The molecule has 0 N–H and O–H groups in total. The number of benzene rings is 1. The van der Waals surface area contributed by atoms with Gasteiger partial charge in [-0.15, -0.1) is 0 Å². The molecule has 2 rings (SSSR count). The first-order chi connectivity index (χ1) is 7.71. The maximum Gasteiger partial charge on any atom is 0.208 e. The first-order valence-electron chi connectivity index (χ1n) is 4.75. The molecule has 0 amide bonds. The van der Waals surface area contributed by atoms with E-state index in [0.717, 1.165) is 5.39 Å². The summed E-state index contributed by atoms with van der Waals surface area (Å²) in [5.41, 5.74) is 0.616. The smallest absolute Gasteiger partial charge is 0.208 e. The lowest BCUT2D eigenvalue weighted by molar-refractivity contribution is 0.324. The summed E-state index contributed by atoms with van der Waals surface area (Å²) in [5.74, 6) is 2.22. The highest BCUT2D eigenvalue weighted by molar-refractivity contribution is 5.89. The van der Waals surface area contributed by atoms with Crippen LogP contribution in [0.1, 0.15) is 5.76 Å². The molecule has 0 aliphatic carbocycles. The van der Waals surface area contributed by atoms with Crippen LogP contribution >= 0.6 is 0 Å². The van der Waals surface area contributed by atoms with Gasteiger partial charge >= 0.3 is 0 Å². The number of ether oxygens (including phenoxy) is 3. The van der Waals surface area contributed by atoms with Crippen LogP contribution in [0.15, 0.2) is 16.5 Å². The maximum absolute atomic E-state index is 5.46. The maximum atomic E-state index is 5.46. The Bertz CT molecular complexity index is 513. The van der Waals surface area contributed by atoms with Crippen molar-refractivity contribution in [1.29, 1.82) is 0 Å². The zero-order valence-corrected chi connectivity index (χ0v) is 9.49. The van der Waals surface area contributed by atoms with Crippen molar-refractivity contribution in [1.82, 2.24) is 0 Å². The van der Waals surface area contributed by atoms with E-state index in [9.17, 15) is 0 Å². The molecule has 0 spiro atoms. The second-order valence-corrected chi connectivity index (χ2v) is 3.28. The highest BCUT2D eigenvalue weighted by atomic mass is 16.5. The first-order valence-corrected chi connectivity index (χ1v) is 4.75. The Balaban J connectivity index is 2.81. The Labute approximate surface area is 93.7 Å². The van der Waals surface area contributed by atoms with Gasteiger partial charge in [0.1, 0.15) is 5.76 Å². The van der Waals surface area contributed by atoms with Crippen molar-refractivity contribution in [3.05, 3.63) is 24.8 Å². The van der Waals surface area contributed by atoms with E-state index in [4.69, 9.17) is 18.6 Å². The number of furan rings is 1. The number of fused-ring (bicyclic) bond motifs is 1. The van der Waals surface area contributed by atoms with Crippen LogP contribution in [-0.4, -0.2) is 21.3 Å². The van der Waals surface area contributed by atoms with Crippen LogP contribution in [0.3, 0.4) is 0 Å². The molecule has 1 aromatic carbocycles. The largest absolute Gasteiger partial charge is 0.493 e. The van der Waals surface area contributed by atoms with E-state index < -0.39 is 0 Å². The summed E-state index contributed by atoms with van der Waals surface area (Å²) < 4.78 is 21.2. The van der Waals surface area contributed by atoms with Crippen LogP contribution in [0, 0.1) is 6.92 Å². The highest BCUT2D eigenvalue weighted by Gasteiger charge is 2.18. The molecule has 0 aliphatic heterocycles. The third-order valence-electron chi connectivity index (χ3n) is 2.36. The van der Waals surface area contributed by atoms with Crippen LogP contribution in [0.25, 0.3) is 11.0 Å². The van der Waals surface area contributed by atoms with Gasteiger partial charge in [0.2, 0.25) is 11.5 Å². The molecule has 2 aromatic rings. The summed E-state index contributed by atoms with van der Waals surface area (Å²) in [5, 5.41) is 0.875. The summed E-state index contributed by atoms with van der Waals surface area (Å²) in [6, 6.07) is 3.65. The third kappa shape index (κ3) is 1.46. The standard InChI is InChI=1S/C12H13O4/c1-7-5-8-6-9(13-2)11(14-3)12(15-4)10(8)16-7/h5-6H,1H2,2-4H3. The number of methoxy groups -OCH3 is 3. The van der Waals surface area contributed by atoms with Crippen molar-refractivity contribution in [2.75, 3.05) is 21.3 Å². The zero-order valence-electron chi connectivity index (χ0n) is 9.49. The van der Waals surface area contributed by atoms with Crippen LogP contribution in [0.4, 0.5) is 0 Å². The van der Waals surface area contributed by atoms with Crippen molar-refractivity contribution < 1.29 is 18.6 Å². The lowest BCUT2D eigenvalue weighted by atomic mass is 10.2. The number of rotatable bonds is 3. The quantitative estimate of drug-likeness (QED) is 0.798. The fourth-order valence-corrected chi connectivity index (χ4v) is 1.70. The topological polar surface area (TPSA) is 40.8 Å². The Kier molecular flexibility index (Phi) is 2.64. The fourth-order valence-electron chi connectivity index (χ4n) is 1.70. The minimum absolute atomic E-state index is 0.520. The predicted octanol–water partition coefficient (Wildman–Crippen LogP) is 2.64. The zero-order chi connectivity index (χ0) is 11.7. The van der Waals surface area contributed by atoms with E-state index in [1.165, 1.54) is 0 Å². The third-order valence-corrected chi connectivity index (χ3v) is 2.36. The minimum Gasteiger partial charge on any atom is -0.493 e. The van der Waals surface area contributed by atoms with Crippen LogP contribution in [0.5, 0.6) is 17.2 Å². The molecule has 0 atom stereocenters. The lowest BCUT2D eigenvalue weighted by Gasteiger charge is -2.11. The van der Waals surface area contributed by atoms with Gasteiger partial charge in [-0.1, -0.05) is 0 Å². The van der Waals surface area contributed by atoms with Gasteiger partial charge in [0.25, 0.3) is 0 Å². The molecule has 0 unspecified atom stereocenters. The first kappa shape index (κ1) is 10.7. The van der Waals surface area contributed by atoms with Gasteiger partial charge in [-0.25, -0.2) is 0 Å². The molecule has 0 bridgehead atoms. The molecule has 1 aromatic heterocycles. The molecule has 0 saturated carbocycles. The van der Waals surface area contributed by atoms with Crippen LogP contribution in [0.2, 0.25) is 0 Å². The van der Waals surface area contributed by atoms with Crippen molar-refractivity contribution >= 4 is 11.0 Å². The molecular formula is C12H13O4. The van der Waals surface area contributed by atoms with Gasteiger partial charge in [0, 0.05) is 12.3 Å². The Hall–Kier alpha value is -1.84. The predicted molar refractivity (Wildman–Crippen MR) is 60.3 cm³/mol. The molecule has 4 heteroatoms. The second-order valence-electron chi connectivity index (χ2n) is 3.28.